The van der Waals surface area contributed by atoms with E-state index in [9.17, 15) is 18.0 Å². The summed E-state index contributed by atoms with van der Waals surface area (Å²) in [5.41, 5.74) is 1.39. The molecular weight excluding hydrogens is 401 g/mol. The number of nitrogens with zero attached hydrogens (tertiary/aromatic N) is 2. The Hall–Kier alpha value is -2.13. The molecule has 3 atom stereocenters. The first kappa shape index (κ1) is 22.6. The number of benzene rings is 1. The number of aliphatic carboxylic acids is 1. The van der Waals surface area contributed by atoms with Crippen LogP contribution in [0.1, 0.15) is 24.8 Å². The zero-order valence-corrected chi connectivity index (χ0v) is 16.7. The average molecular weight is 428 g/mol. The summed E-state index contributed by atoms with van der Waals surface area (Å²) >= 11 is 0. The van der Waals surface area contributed by atoms with Crippen molar-refractivity contribution in [2.24, 2.45) is 5.92 Å². The second-order valence-electron chi connectivity index (χ2n) is 7.97. The molecule has 30 heavy (non-hydrogen) atoms. The average Bonchev–Trinajstić information content (AvgIpc) is 3.34. The lowest BCUT2D eigenvalue weighted by Crippen LogP contribution is -2.46. The number of amides is 1. The third-order valence-electron chi connectivity index (χ3n) is 5.77. The van der Waals surface area contributed by atoms with Crippen molar-refractivity contribution in [3.05, 3.63) is 35.9 Å². The van der Waals surface area contributed by atoms with E-state index < -0.39 is 12.1 Å². The lowest BCUT2D eigenvalue weighted by atomic mass is 9.99. The Kier molecular flexibility index (Phi) is 7.36. The molecule has 3 heterocycles. The fraction of sp³-hybridized carbons (Fsp3) is 0.619. The minimum atomic E-state index is -5.08. The molecule has 6 nitrogen and oxygen atoms in total. The van der Waals surface area contributed by atoms with Crippen LogP contribution >= 0.6 is 0 Å². The van der Waals surface area contributed by atoms with E-state index in [2.05, 4.69) is 40.1 Å². The lowest BCUT2D eigenvalue weighted by Gasteiger charge is -2.33. The Bertz CT molecular complexity index is 723. The molecule has 1 N–H and O–H groups in total. The van der Waals surface area contributed by atoms with Gasteiger partial charge < -0.3 is 14.7 Å². The van der Waals surface area contributed by atoms with Crippen molar-refractivity contribution >= 4 is 11.9 Å². The highest BCUT2D eigenvalue weighted by atomic mass is 19.4. The van der Waals surface area contributed by atoms with Crippen LogP contribution < -0.4 is 0 Å². The van der Waals surface area contributed by atoms with E-state index >= 15 is 0 Å². The number of halogens is 3. The fourth-order valence-corrected chi connectivity index (χ4v) is 4.28. The van der Waals surface area contributed by atoms with Crippen LogP contribution in [0.2, 0.25) is 0 Å². The summed E-state index contributed by atoms with van der Waals surface area (Å²) in [7, 11) is 0. The van der Waals surface area contributed by atoms with Gasteiger partial charge in [0, 0.05) is 32.7 Å². The van der Waals surface area contributed by atoms with Crippen LogP contribution in [0.4, 0.5) is 13.2 Å². The van der Waals surface area contributed by atoms with Gasteiger partial charge in [-0.2, -0.15) is 13.2 Å². The fourth-order valence-electron chi connectivity index (χ4n) is 4.28. The predicted molar refractivity (Wildman–Crippen MR) is 103 cm³/mol. The van der Waals surface area contributed by atoms with Crippen molar-refractivity contribution < 1.29 is 32.6 Å². The number of alkyl halides is 3. The van der Waals surface area contributed by atoms with E-state index in [0.29, 0.717) is 5.91 Å². The van der Waals surface area contributed by atoms with Crippen LogP contribution in [-0.2, 0) is 20.7 Å². The monoisotopic (exact) mass is 428 g/mol. The number of carboxylic acid groups (broad SMARTS) is 1. The maximum absolute atomic E-state index is 12.7. The molecule has 3 saturated heterocycles. The van der Waals surface area contributed by atoms with Crippen molar-refractivity contribution in [2.45, 2.75) is 44.1 Å². The third kappa shape index (κ3) is 5.95. The first-order chi connectivity index (χ1) is 14.2. The van der Waals surface area contributed by atoms with E-state index in [1.807, 2.05) is 0 Å². The third-order valence-corrected chi connectivity index (χ3v) is 5.77. The molecule has 0 spiro atoms. The Morgan fingerprint density at radius 3 is 2.33 bits per heavy atom. The molecule has 3 unspecified atom stereocenters. The summed E-state index contributed by atoms with van der Waals surface area (Å²) in [5.74, 6) is -2.31. The number of likely N-dealkylation sites (tertiary alicyclic amines) is 2. The minimum absolute atomic E-state index is 0.0971. The molecule has 9 heteroatoms. The Morgan fingerprint density at radius 1 is 1.10 bits per heavy atom. The number of carbonyl (C=O) groups excluding carboxylic acids is 1. The Labute approximate surface area is 173 Å². The number of carboxylic acids is 1. The highest BCUT2D eigenvalue weighted by Crippen LogP contribution is 2.34. The number of hydrogen-bond acceptors (Lipinski definition) is 4. The van der Waals surface area contributed by atoms with Gasteiger partial charge in [0.05, 0.1) is 18.1 Å². The number of carbonyl (C=O) groups is 2. The Balaban J connectivity index is 0.000000318. The lowest BCUT2D eigenvalue weighted by molar-refractivity contribution is -0.192. The topological polar surface area (TPSA) is 70.1 Å². The molecule has 166 valence electrons. The van der Waals surface area contributed by atoms with Gasteiger partial charge in [-0.05, 0) is 31.2 Å². The Morgan fingerprint density at radius 2 is 1.73 bits per heavy atom. The van der Waals surface area contributed by atoms with Gasteiger partial charge in [-0.1, -0.05) is 30.3 Å². The van der Waals surface area contributed by atoms with E-state index in [1.165, 1.54) is 5.56 Å². The predicted octanol–water partition coefficient (Wildman–Crippen LogP) is 2.57. The highest BCUT2D eigenvalue weighted by molar-refractivity contribution is 5.80. The van der Waals surface area contributed by atoms with Crippen LogP contribution in [0.3, 0.4) is 0 Å². The number of morpholine rings is 1. The van der Waals surface area contributed by atoms with E-state index in [-0.39, 0.29) is 18.1 Å². The van der Waals surface area contributed by atoms with Crippen LogP contribution in [-0.4, -0.2) is 77.9 Å². The van der Waals surface area contributed by atoms with Crippen LogP contribution in [0.25, 0.3) is 0 Å². The number of ether oxygens (including phenoxy) is 1. The molecule has 1 aromatic carbocycles. The second-order valence-corrected chi connectivity index (χ2v) is 7.97. The van der Waals surface area contributed by atoms with Crippen LogP contribution in [0.15, 0.2) is 30.3 Å². The van der Waals surface area contributed by atoms with Gasteiger partial charge in [0.25, 0.3) is 0 Å². The van der Waals surface area contributed by atoms with Crippen LogP contribution in [0.5, 0.6) is 0 Å². The second kappa shape index (κ2) is 9.78. The van der Waals surface area contributed by atoms with Gasteiger partial charge in [0.1, 0.15) is 0 Å². The molecule has 0 aliphatic carbocycles. The molecule has 1 amide bonds. The van der Waals surface area contributed by atoms with Gasteiger partial charge in [-0.3, -0.25) is 9.69 Å². The van der Waals surface area contributed by atoms with E-state index in [0.717, 1.165) is 58.4 Å². The molecular formula is C21H27F3N2O4. The molecule has 1 aromatic rings. The van der Waals surface area contributed by atoms with E-state index in [4.69, 9.17) is 14.6 Å². The van der Waals surface area contributed by atoms with Gasteiger partial charge in [-0.25, -0.2) is 4.79 Å². The summed E-state index contributed by atoms with van der Waals surface area (Å²) in [6, 6.07) is 10.6. The molecule has 0 radical (unpaired) electrons. The van der Waals surface area contributed by atoms with Gasteiger partial charge in [0.2, 0.25) is 5.91 Å². The summed E-state index contributed by atoms with van der Waals surface area (Å²) in [4.78, 5) is 26.1. The van der Waals surface area contributed by atoms with Gasteiger partial charge in [-0.15, -0.1) is 0 Å². The normalized spacial score (nSPS) is 26.2. The maximum atomic E-state index is 12.7. The molecule has 3 fully saturated rings. The molecule has 3 aliphatic heterocycles. The van der Waals surface area contributed by atoms with Crippen LogP contribution in [0, 0.1) is 5.92 Å². The molecule has 0 aromatic heterocycles. The van der Waals surface area contributed by atoms with Crippen molar-refractivity contribution in [2.75, 3.05) is 32.7 Å². The first-order valence-electron chi connectivity index (χ1n) is 10.2. The molecule has 2 bridgehead atoms. The van der Waals surface area contributed by atoms with Crippen molar-refractivity contribution in [3.8, 4) is 0 Å². The zero-order valence-electron chi connectivity index (χ0n) is 16.7. The van der Waals surface area contributed by atoms with Gasteiger partial charge >= 0.3 is 12.1 Å². The smallest absolute Gasteiger partial charge is 0.475 e. The van der Waals surface area contributed by atoms with Gasteiger partial charge in [0.15, 0.2) is 0 Å². The highest BCUT2D eigenvalue weighted by Gasteiger charge is 2.45. The van der Waals surface area contributed by atoms with Crippen molar-refractivity contribution in [3.63, 3.8) is 0 Å². The quantitative estimate of drug-likeness (QED) is 0.798. The standard InChI is InChI=1S/C19H26N2O2.C2HF3O2/c22-19(21-9-4-5-10-21)17-12-16-13-20(14-18(17)23-16)11-8-15-6-2-1-3-7-15;3-2(4,5)1(6)7/h1-3,6-7,16-18H,4-5,8-14H2;(H,6,7). The number of hydrogen-bond donors (Lipinski definition) is 1. The largest absolute Gasteiger partial charge is 0.490 e. The summed E-state index contributed by atoms with van der Waals surface area (Å²) in [6.07, 6.45) is -0.404. The first-order valence-corrected chi connectivity index (χ1v) is 10.2. The molecule has 0 saturated carbocycles. The summed E-state index contributed by atoms with van der Waals surface area (Å²) in [6.45, 7) is 4.85. The number of rotatable bonds is 4. The summed E-state index contributed by atoms with van der Waals surface area (Å²) < 4.78 is 37.8. The summed E-state index contributed by atoms with van der Waals surface area (Å²) in [5, 5.41) is 7.12. The number of fused-ring (bicyclic) bond motifs is 2. The SMILES string of the molecule is O=C(C1CC2CN(CCc3ccccc3)CC1O2)N1CCCC1.O=C(O)C(F)(F)F. The molecule has 4 rings (SSSR count). The van der Waals surface area contributed by atoms with E-state index in [1.54, 1.807) is 0 Å². The molecule has 3 aliphatic rings. The van der Waals surface area contributed by atoms with Crippen molar-refractivity contribution in [1.29, 1.82) is 0 Å². The minimum Gasteiger partial charge on any atom is -0.475 e. The van der Waals surface area contributed by atoms with Crippen molar-refractivity contribution in [1.82, 2.24) is 9.80 Å². The maximum Gasteiger partial charge on any atom is 0.490 e. The zero-order chi connectivity index (χ0) is 21.7.